The second-order valence-corrected chi connectivity index (χ2v) is 8.76. The molecule has 6 nitrogen and oxygen atoms in total. The van der Waals surface area contributed by atoms with E-state index in [0.717, 1.165) is 10.0 Å². The summed E-state index contributed by atoms with van der Waals surface area (Å²) in [6, 6.07) is 14.1. The predicted octanol–water partition coefficient (Wildman–Crippen LogP) is 3.85. The molecule has 8 heteroatoms. The van der Waals surface area contributed by atoms with Gasteiger partial charge in [0.05, 0.1) is 23.7 Å². The molecule has 3 aromatic rings. The Morgan fingerprint density at radius 3 is 2.38 bits per heavy atom. The van der Waals surface area contributed by atoms with Crippen LogP contribution in [0.5, 0.6) is 0 Å². The van der Waals surface area contributed by atoms with Crippen LogP contribution in [-0.2, 0) is 13.0 Å². The van der Waals surface area contributed by atoms with Crippen LogP contribution in [0, 0.1) is 5.82 Å². The topological polar surface area (TPSA) is 70.6 Å². The Labute approximate surface area is 191 Å². The lowest BCUT2D eigenvalue weighted by atomic mass is 10.0. The fourth-order valence-corrected chi connectivity index (χ4v) is 4.68. The molecule has 160 valence electrons. The van der Waals surface area contributed by atoms with Crippen molar-refractivity contribution in [3.63, 3.8) is 0 Å². The van der Waals surface area contributed by atoms with Gasteiger partial charge in [0.25, 0.3) is 17.7 Å². The normalized spacial score (nSPS) is 15.9. The summed E-state index contributed by atoms with van der Waals surface area (Å²) in [5.74, 6) is -1.44. The lowest BCUT2D eigenvalue weighted by Crippen LogP contribution is -2.47. The van der Waals surface area contributed by atoms with Crippen molar-refractivity contribution in [1.82, 2.24) is 14.8 Å². The number of fused-ring (bicyclic) bond motifs is 2. The zero-order valence-electron chi connectivity index (χ0n) is 16.8. The van der Waals surface area contributed by atoms with E-state index >= 15 is 0 Å². The molecule has 3 amide bonds. The first kappa shape index (κ1) is 20.5. The lowest BCUT2D eigenvalue weighted by Gasteiger charge is -2.30. The van der Waals surface area contributed by atoms with E-state index in [4.69, 9.17) is 0 Å². The van der Waals surface area contributed by atoms with Crippen molar-refractivity contribution in [3.8, 4) is 0 Å². The summed E-state index contributed by atoms with van der Waals surface area (Å²) in [6.45, 7) is 0.299. The quantitative estimate of drug-likeness (QED) is 0.506. The summed E-state index contributed by atoms with van der Waals surface area (Å²) in [7, 11) is 0. The molecular formula is C24H17BrFN3O3. The van der Waals surface area contributed by atoms with Crippen LogP contribution in [0.2, 0.25) is 0 Å². The van der Waals surface area contributed by atoms with E-state index in [-0.39, 0.29) is 36.5 Å². The Morgan fingerprint density at radius 2 is 1.69 bits per heavy atom. The van der Waals surface area contributed by atoms with Crippen molar-refractivity contribution in [2.75, 3.05) is 6.54 Å². The number of carbonyl (C=O) groups is 3. The third-order valence-corrected chi connectivity index (χ3v) is 6.24. The third-order valence-electron chi connectivity index (χ3n) is 5.81. The van der Waals surface area contributed by atoms with Gasteiger partial charge in [-0.05, 0) is 58.2 Å². The highest BCUT2D eigenvalue weighted by atomic mass is 79.9. The number of halogens is 2. The van der Waals surface area contributed by atoms with E-state index < -0.39 is 6.04 Å². The van der Waals surface area contributed by atoms with Gasteiger partial charge in [-0.25, -0.2) is 9.37 Å². The first-order valence-corrected chi connectivity index (χ1v) is 10.9. The smallest absolute Gasteiger partial charge is 0.273 e. The third kappa shape index (κ3) is 3.50. The summed E-state index contributed by atoms with van der Waals surface area (Å²) >= 11 is 3.38. The van der Waals surface area contributed by atoms with E-state index in [2.05, 4.69) is 20.9 Å². The van der Waals surface area contributed by atoms with Crippen molar-refractivity contribution in [1.29, 1.82) is 0 Å². The van der Waals surface area contributed by atoms with Gasteiger partial charge >= 0.3 is 0 Å². The SMILES string of the molecule is O=C1c2ccccc2C(=O)N1CC(Cc1cccc(F)c1)N1Cc2cc(Br)cnc2C1=O. The summed E-state index contributed by atoms with van der Waals surface area (Å²) in [4.78, 5) is 46.0. The molecule has 0 bridgehead atoms. The van der Waals surface area contributed by atoms with Gasteiger partial charge in [0, 0.05) is 22.8 Å². The molecule has 2 aliphatic rings. The molecule has 0 aliphatic carbocycles. The van der Waals surface area contributed by atoms with E-state index in [9.17, 15) is 18.8 Å². The Balaban J connectivity index is 1.48. The van der Waals surface area contributed by atoms with Crippen molar-refractivity contribution in [3.05, 3.63) is 99.0 Å². The number of carbonyl (C=O) groups excluding carboxylic acids is 3. The van der Waals surface area contributed by atoms with Crippen LogP contribution in [-0.4, -0.2) is 45.1 Å². The molecule has 3 heterocycles. The van der Waals surface area contributed by atoms with Crippen LogP contribution in [0.15, 0.2) is 65.3 Å². The van der Waals surface area contributed by atoms with Gasteiger partial charge in [0.2, 0.25) is 0 Å². The van der Waals surface area contributed by atoms with E-state index in [1.807, 2.05) is 6.07 Å². The number of nitrogens with zero attached hydrogens (tertiary/aromatic N) is 3. The summed E-state index contributed by atoms with van der Waals surface area (Å²) in [5, 5.41) is 0. The lowest BCUT2D eigenvalue weighted by molar-refractivity contribution is 0.0526. The van der Waals surface area contributed by atoms with Gasteiger partial charge < -0.3 is 4.90 Å². The maximum absolute atomic E-state index is 13.8. The number of amides is 3. The van der Waals surface area contributed by atoms with Crippen LogP contribution < -0.4 is 0 Å². The Morgan fingerprint density at radius 1 is 0.969 bits per heavy atom. The molecular weight excluding hydrogens is 477 g/mol. The molecule has 0 N–H and O–H groups in total. The van der Waals surface area contributed by atoms with Gasteiger partial charge in [0.1, 0.15) is 11.5 Å². The van der Waals surface area contributed by atoms with E-state index in [1.165, 1.54) is 17.0 Å². The minimum Gasteiger partial charge on any atom is -0.328 e. The highest BCUT2D eigenvalue weighted by Gasteiger charge is 2.40. The zero-order chi connectivity index (χ0) is 22.4. The number of hydrogen-bond acceptors (Lipinski definition) is 4. The molecule has 0 fully saturated rings. The van der Waals surface area contributed by atoms with Gasteiger partial charge in [0.15, 0.2) is 0 Å². The van der Waals surface area contributed by atoms with E-state index in [0.29, 0.717) is 28.9 Å². The Hall–Kier alpha value is -3.39. The van der Waals surface area contributed by atoms with Gasteiger partial charge in [-0.1, -0.05) is 24.3 Å². The standard InChI is InChI=1S/C24H17BrFN3O3/c25-16-10-15-12-28(24(32)21(15)27-11-16)18(9-14-4-3-5-17(26)8-14)13-29-22(30)19-6-1-2-7-20(19)23(29)31/h1-8,10-11,18H,9,12-13H2. The second-order valence-electron chi connectivity index (χ2n) is 7.85. The Bertz CT molecular complexity index is 1240. The predicted molar refractivity (Wildman–Crippen MR) is 118 cm³/mol. The molecule has 0 spiro atoms. The fourth-order valence-electron chi connectivity index (χ4n) is 4.31. The molecule has 1 atom stereocenters. The minimum atomic E-state index is -0.542. The first-order valence-electron chi connectivity index (χ1n) is 10.1. The van der Waals surface area contributed by atoms with Crippen LogP contribution in [0.4, 0.5) is 4.39 Å². The summed E-state index contributed by atoms with van der Waals surface area (Å²) < 4.78 is 14.6. The fraction of sp³-hybridized carbons (Fsp3) is 0.167. The minimum absolute atomic E-state index is 0.00373. The molecule has 32 heavy (non-hydrogen) atoms. The van der Waals surface area contributed by atoms with Crippen LogP contribution in [0.3, 0.4) is 0 Å². The number of aromatic nitrogens is 1. The van der Waals surface area contributed by atoms with Crippen molar-refractivity contribution in [2.45, 2.75) is 19.0 Å². The van der Waals surface area contributed by atoms with Crippen LogP contribution in [0.1, 0.15) is 42.3 Å². The average Bonchev–Trinajstić information content (AvgIpc) is 3.22. The maximum atomic E-state index is 13.8. The van der Waals surface area contributed by atoms with E-state index in [1.54, 1.807) is 47.5 Å². The van der Waals surface area contributed by atoms with Crippen LogP contribution in [0.25, 0.3) is 0 Å². The molecule has 5 rings (SSSR count). The highest BCUT2D eigenvalue weighted by Crippen LogP contribution is 2.29. The monoisotopic (exact) mass is 493 g/mol. The van der Waals surface area contributed by atoms with Crippen molar-refractivity contribution < 1.29 is 18.8 Å². The molecule has 1 unspecified atom stereocenters. The molecule has 0 radical (unpaired) electrons. The summed E-state index contributed by atoms with van der Waals surface area (Å²) in [5.41, 5.74) is 2.48. The maximum Gasteiger partial charge on any atom is 0.273 e. The average molecular weight is 494 g/mol. The largest absolute Gasteiger partial charge is 0.328 e. The van der Waals surface area contributed by atoms with Crippen molar-refractivity contribution >= 4 is 33.7 Å². The number of hydrogen-bond donors (Lipinski definition) is 0. The number of pyridine rings is 1. The molecule has 2 aliphatic heterocycles. The van der Waals surface area contributed by atoms with Gasteiger partial charge in [-0.2, -0.15) is 0 Å². The molecule has 0 saturated carbocycles. The number of benzene rings is 2. The molecule has 2 aromatic carbocycles. The molecule has 1 aromatic heterocycles. The highest BCUT2D eigenvalue weighted by molar-refractivity contribution is 9.10. The van der Waals surface area contributed by atoms with Gasteiger partial charge in [-0.3, -0.25) is 19.3 Å². The van der Waals surface area contributed by atoms with Gasteiger partial charge in [-0.15, -0.1) is 0 Å². The number of imide groups is 1. The van der Waals surface area contributed by atoms with Crippen LogP contribution >= 0.6 is 15.9 Å². The zero-order valence-corrected chi connectivity index (χ0v) is 18.4. The number of rotatable bonds is 5. The first-order chi connectivity index (χ1) is 15.4. The van der Waals surface area contributed by atoms with Crippen molar-refractivity contribution in [2.24, 2.45) is 0 Å². The Kier molecular flexibility index (Phi) is 5.09. The summed E-state index contributed by atoms with van der Waals surface area (Å²) in [6.07, 6.45) is 1.85. The molecule has 0 saturated heterocycles. The second kappa shape index (κ2) is 7.94.